The Balaban J connectivity index is 3.01. The zero-order valence-electron chi connectivity index (χ0n) is 7.76. The van der Waals surface area contributed by atoms with E-state index in [0.29, 0.717) is 0 Å². The molecule has 0 aliphatic carbocycles. The Morgan fingerprint density at radius 1 is 1.47 bits per heavy atom. The highest BCUT2D eigenvalue weighted by Crippen LogP contribution is 2.21. The molecule has 0 fully saturated rings. The van der Waals surface area contributed by atoms with E-state index in [1.54, 1.807) is 6.07 Å². The molecule has 0 saturated heterocycles. The van der Waals surface area contributed by atoms with E-state index in [1.807, 2.05) is 0 Å². The number of hydrogen-bond donors (Lipinski definition) is 3. The summed E-state index contributed by atoms with van der Waals surface area (Å²) < 4.78 is 13.3. The smallest absolute Gasteiger partial charge is 0.130 e. The van der Waals surface area contributed by atoms with Crippen LogP contribution in [0.2, 0.25) is 0 Å². The molecule has 2 unspecified atom stereocenters. The van der Waals surface area contributed by atoms with E-state index < -0.39 is 18.0 Å². The number of nitrogens with zero attached hydrogens (tertiary/aromatic N) is 1. The third kappa shape index (κ3) is 2.69. The average Bonchev–Trinajstić information content (AvgIpc) is 2.26. The van der Waals surface area contributed by atoms with Gasteiger partial charge in [0.2, 0.25) is 0 Å². The highest BCUT2D eigenvalue weighted by atomic mass is 32.1. The molecular formula is C10H10FNO2S. The van der Waals surface area contributed by atoms with Crippen LogP contribution in [0.4, 0.5) is 4.39 Å². The van der Waals surface area contributed by atoms with Gasteiger partial charge in [-0.2, -0.15) is 17.9 Å². The van der Waals surface area contributed by atoms with Gasteiger partial charge in [0, 0.05) is 11.3 Å². The van der Waals surface area contributed by atoms with Crippen molar-refractivity contribution in [2.24, 2.45) is 0 Å². The number of aliphatic hydroxyl groups excluding tert-OH is 2. The Kier molecular flexibility index (Phi) is 4.09. The van der Waals surface area contributed by atoms with Gasteiger partial charge >= 0.3 is 0 Å². The summed E-state index contributed by atoms with van der Waals surface area (Å²) in [5.41, 5.74) is 0.138. The quantitative estimate of drug-likeness (QED) is 0.675. The molecule has 3 nitrogen and oxygen atoms in total. The van der Waals surface area contributed by atoms with Gasteiger partial charge in [0.05, 0.1) is 17.7 Å². The van der Waals surface area contributed by atoms with Crippen molar-refractivity contribution in [3.05, 3.63) is 35.1 Å². The average molecular weight is 227 g/mol. The first-order chi connectivity index (χ1) is 7.10. The topological polar surface area (TPSA) is 64.2 Å². The van der Waals surface area contributed by atoms with Gasteiger partial charge in [-0.3, -0.25) is 0 Å². The Morgan fingerprint density at radius 2 is 2.13 bits per heavy atom. The van der Waals surface area contributed by atoms with Gasteiger partial charge in [-0.1, -0.05) is 6.07 Å². The largest absolute Gasteiger partial charge is 0.389 e. The van der Waals surface area contributed by atoms with Crippen LogP contribution >= 0.6 is 12.6 Å². The Bertz CT molecular complexity index is 391. The van der Waals surface area contributed by atoms with Crippen LogP contribution in [0.5, 0.6) is 0 Å². The number of hydrogen-bond acceptors (Lipinski definition) is 4. The van der Waals surface area contributed by atoms with Gasteiger partial charge in [-0.15, -0.1) is 0 Å². The zero-order chi connectivity index (χ0) is 11.4. The lowest BCUT2D eigenvalue weighted by Crippen LogP contribution is -2.20. The van der Waals surface area contributed by atoms with Crippen molar-refractivity contribution in [2.45, 2.75) is 12.2 Å². The maximum absolute atomic E-state index is 13.3. The summed E-state index contributed by atoms with van der Waals surface area (Å²) in [6.45, 7) is 0. The second kappa shape index (κ2) is 5.12. The van der Waals surface area contributed by atoms with Crippen LogP contribution in [0.3, 0.4) is 0 Å². The van der Waals surface area contributed by atoms with Crippen LogP contribution < -0.4 is 0 Å². The first-order valence-electron chi connectivity index (χ1n) is 4.26. The zero-order valence-corrected chi connectivity index (χ0v) is 8.66. The summed E-state index contributed by atoms with van der Waals surface area (Å²) in [6, 6.07) is 5.46. The molecule has 1 aromatic carbocycles. The lowest BCUT2D eigenvalue weighted by molar-refractivity contribution is 0.0315. The summed E-state index contributed by atoms with van der Waals surface area (Å²) >= 11 is 3.79. The number of thiol groups is 1. The van der Waals surface area contributed by atoms with Crippen molar-refractivity contribution in [3.63, 3.8) is 0 Å². The normalized spacial score (nSPS) is 14.3. The SMILES string of the molecule is N#Cc1ccc(C(O)C(O)CS)c(F)c1. The molecular weight excluding hydrogens is 217 g/mol. The van der Waals surface area contributed by atoms with Crippen molar-refractivity contribution in [1.82, 2.24) is 0 Å². The van der Waals surface area contributed by atoms with Crippen LogP contribution in [-0.2, 0) is 0 Å². The van der Waals surface area contributed by atoms with Gasteiger partial charge in [0.15, 0.2) is 0 Å². The van der Waals surface area contributed by atoms with Crippen molar-refractivity contribution < 1.29 is 14.6 Å². The number of rotatable bonds is 3. The third-order valence-corrected chi connectivity index (χ3v) is 2.37. The van der Waals surface area contributed by atoms with Crippen molar-refractivity contribution >= 4 is 12.6 Å². The van der Waals surface area contributed by atoms with Crippen molar-refractivity contribution in [1.29, 1.82) is 5.26 Å². The fourth-order valence-corrected chi connectivity index (χ4v) is 1.34. The van der Waals surface area contributed by atoms with Crippen LogP contribution in [-0.4, -0.2) is 22.1 Å². The predicted molar refractivity (Wildman–Crippen MR) is 55.9 cm³/mol. The van der Waals surface area contributed by atoms with E-state index in [4.69, 9.17) is 5.26 Å². The second-order valence-electron chi connectivity index (χ2n) is 3.04. The summed E-state index contributed by atoms with van der Waals surface area (Å²) in [5, 5.41) is 27.3. The molecule has 0 bridgehead atoms. The van der Waals surface area contributed by atoms with Crippen molar-refractivity contribution in [2.75, 3.05) is 5.75 Å². The first-order valence-corrected chi connectivity index (χ1v) is 4.90. The Labute approximate surface area is 92.2 Å². The number of halogens is 1. The van der Waals surface area contributed by atoms with Gasteiger partial charge in [-0.25, -0.2) is 4.39 Å². The molecule has 1 rings (SSSR count). The molecule has 0 amide bonds. The van der Waals surface area contributed by atoms with Crippen molar-refractivity contribution in [3.8, 4) is 6.07 Å². The minimum absolute atomic E-state index is 0.0284. The predicted octanol–water partition coefficient (Wildman–Crippen LogP) is 1.02. The molecule has 0 saturated carbocycles. The van der Waals surface area contributed by atoms with E-state index in [0.717, 1.165) is 6.07 Å². The minimum Gasteiger partial charge on any atom is -0.389 e. The van der Waals surface area contributed by atoms with Gasteiger partial charge in [0.1, 0.15) is 11.9 Å². The highest BCUT2D eigenvalue weighted by molar-refractivity contribution is 7.80. The Hall–Kier alpha value is -1.09. The van der Waals surface area contributed by atoms with Crippen LogP contribution in [0.15, 0.2) is 18.2 Å². The molecule has 2 atom stereocenters. The molecule has 1 aromatic rings. The monoisotopic (exact) mass is 227 g/mol. The maximum atomic E-state index is 13.3. The summed E-state index contributed by atoms with van der Waals surface area (Å²) in [7, 11) is 0. The van der Waals surface area contributed by atoms with Gasteiger partial charge < -0.3 is 10.2 Å². The molecule has 0 aliphatic rings. The number of aliphatic hydroxyl groups is 2. The van der Waals surface area contributed by atoms with Crippen LogP contribution in [0.25, 0.3) is 0 Å². The summed E-state index contributed by atoms with van der Waals surface area (Å²) in [5.74, 6) is -0.678. The maximum Gasteiger partial charge on any atom is 0.130 e. The molecule has 80 valence electrons. The van der Waals surface area contributed by atoms with Gasteiger partial charge in [0.25, 0.3) is 0 Å². The standard InChI is InChI=1S/C10H10FNO2S/c11-8-3-6(4-12)1-2-7(8)10(14)9(13)5-15/h1-3,9-10,13-15H,5H2. The fraction of sp³-hybridized carbons (Fsp3) is 0.300. The molecule has 0 radical (unpaired) electrons. The molecule has 0 aromatic heterocycles. The molecule has 2 N–H and O–H groups in total. The summed E-state index contributed by atoms with van der Waals surface area (Å²) in [4.78, 5) is 0. The fourth-order valence-electron chi connectivity index (χ4n) is 1.14. The molecule has 15 heavy (non-hydrogen) atoms. The van der Waals surface area contributed by atoms with E-state index in [1.165, 1.54) is 12.1 Å². The van der Waals surface area contributed by atoms with E-state index >= 15 is 0 Å². The minimum atomic E-state index is -1.32. The van der Waals surface area contributed by atoms with E-state index in [-0.39, 0.29) is 16.9 Å². The van der Waals surface area contributed by atoms with E-state index in [9.17, 15) is 14.6 Å². The van der Waals surface area contributed by atoms with Crippen LogP contribution in [0.1, 0.15) is 17.2 Å². The molecule has 0 spiro atoms. The van der Waals surface area contributed by atoms with E-state index in [2.05, 4.69) is 12.6 Å². The van der Waals surface area contributed by atoms with Gasteiger partial charge in [-0.05, 0) is 12.1 Å². The van der Waals surface area contributed by atoms with Crippen LogP contribution in [0, 0.1) is 17.1 Å². The lowest BCUT2D eigenvalue weighted by atomic mass is 10.0. The first kappa shape index (κ1) is 12.0. The third-order valence-electron chi connectivity index (χ3n) is 2.00. The Morgan fingerprint density at radius 3 is 2.60 bits per heavy atom. The lowest BCUT2D eigenvalue weighted by Gasteiger charge is -2.16. The molecule has 0 heterocycles. The molecule has 0 aliphatic heterocycles. The number of nitriles is 1. The highest BCUT2D eigenvalue weighted by Gasteiger charge is 2.20. The second-order valence-corrected chi connectivity index (χ2v) is 3.41. The number of benzene rings is 1. The summed E-state index contributed by atoms with van der Waals surface area (Å²) in [6.07, 6.45) is -2.45. The molecule has 5 heteroatoms.